The molecule has 0 aliphatic heterocycles. The molecule has 1 aromatic heterocycles. The summed E-state index contributed by atoms with van der Waals surface area (Å²) in [5.41, 5.74) is 0.968. The van der Waals surface area contributed by atoms with Crippen LogP contribution < -0.4 is 4.74 Å². The quantitative estimate of drug-likeness (QED) is 0.805. The highest BCUT2D eigenvalue weighted by Gasteiger charge is 2.05. The van der Waals surface area contributed by atoms with Crippen LogP contribution in [0.25, 0.3) is 0 Å². The lowest BCUT2D eigenvalue weighted by Crippen LogP contribution is -1.96. The van der Waals surface area contributed by atoms with Crippen molar-refractivity contribution in [3.8, 4) is 11.8 Å². The Morgan fingerprint density at radius 1 is 1.33 bits per heavy atom. The van der Waals surface area contributed by atoms with E-state index in [0.29, 0.717) is 23.9 Å². The molecule has 0 saturated heterocycles. The maximum atomic E-state index is 8.56. The van der Waals surface area contributed by atoms with Crippen LogP contribution in [0.3, 0.4) is 0 Å². The number of aromatic nitrogens is 2. The molecule has 0 aliphatic rings. The van der Waals surface area contributed by atoms with Gasteiger partial charge in [-0.15, -0.1) is 0 Å². The summed E-state index contributed by atoms with van der Waals surface area (Å²) in [4.78, 5) is 4.14. The second kappa shape index (κ2) is 5.82. The van der Waals surface area contributed by atoms with Gasteiger partial charge >= 0.3 is 0 Å². The fraction of sp³-hybridized carbons (Fsp3) is 0.308. The second-order valence-corrected chi connectivity index (χ2v) is 3.73. The van der Waals surface area contributed by atoms with E-state index >= 15 is 0 Å². The molecule has 0 aliphatic carbocycles. The van der Waals surface area contributed by atoms with Crippen molar-refractivity contribution in [2.45, 2.75) is 26.4 Å². The van der Waals surface area contributed by atoms with Crippen LogP contribution in [0.15, 0.2) is 28.8 Å². The van der Waals surface area contributed by atoms with Crippen LogP contribution in [0.2, 0.25) is 0 Å². The fourth-order valence-corrected chi connectivity index (χ4v) is 1.43. The third kappa shape index (κ3) is 3.08. The van der Waals surface area contributed by atoms with Crippen LogP contribution >= 0.6 is 0 Å². The maximum Gasteiger partial charge on any atom is 0.264 e. The van der Waals surface area contributed by atoms with Crippen LogP contribution in [0.5, 0.6) is 5.75 Å². The summed E-state index contributed by atoms with van der Waals surface area (Å²) in [7, 11) is 0. The van der Waals surface area contributed by atoms with Crippen LogP contribution in [0.1, 0.15) is 24.2 Å². The maximum absolute atomic E-state index is 8.56. The Bertz CT molecular complexity index is 540. The molecule has 1 aromatic carbocycles. The summed E-state index contributed by atoms with van der Waals surface area (Å²) in [5, 5.41) is 12.3. The Morgan fingerprint density at radius 2 is 2.11 bits per heavy atom. The second-order valence-electron chi connectivity index (χ2n) is 3.73. The van der Waals surface area contributed by atoms with Gasteiger partial charge in [-0.2, -0.15) is 10.2 Å². The molecule has 1 heterocycles. The molecular formula is C13H13N3O2. The molecule has 5 heteroatoms. The van der Waals surface area contributed by atoms with Gasteiger partial charge in [-0.05, 0) is 17.7 Å². The number of ether oxygens (including phenoxy) is 1. The normalized spacial score (nSPS) is 10.0. The van der Waals surface area contributed by atoms with Crippen molar-refractivity contribution in [2.75, 3.05) is 0 Å². The minimum Gasteiger partial charge on any atom is -0.484 e. The van der Waals surface area contributed by atoms with Crippen molar-refractivity contribution in [1.82, 2.24) is 10.1 Å². The molecule has 0 bridgehead atoms. The van der Waals surface area contributed by atoms with E-state index in [2.05, 4.69) is 16.2 Å². The summed E-state index contributed by atoms with van der Waals surface area (Å²) >= 11 is 0. The van der Waals surface area contributed by atoms with Crippen molar-refractivity contribution >= 4 is 0 Å². The molecule has 0 spiro atoms. The van der Waals surface area contributed by atoms with Gasteiger partial charge in [0.15, 0.2) is 12.4 Å². The van der Waals surface area contributed by atoms with Gasteiger partial charge < -0.3 is 9.26 Å². The summed E-state index contributed by atoms with van der Waals surface area (Å²) < 4.78 is 10.5. The topological polar surface area (TPSA) is 71.9 Å². The van der Waals surface area contributed by atoms with E-state index in [9.17, 15) is 0 Å². The third-order valence-electron chi connectivity index (χ3n) is 2.40. The number of nitriles is 1. The Kier molecular flexibility index (Phi) is 3.92. The average molecular weight is 243 g/mol. The van der Waals surface area contributed by atoms with Crippen LogP contribution in [-0.2, 0) is 19.4 Å². The summed E-state index contributed by atoms with van der Waals surface area (Å²) in [5.74, 6) is 1.86. The van der Waals surface area contributed by atoms with Gasteiger partial charge in [-0.1, -0.05) is 24.2 Å². The first-order valence-corrected chi connectivity index (χ1v) is 5.72. The van der Waals surface area contributed by atoms with Crippen molar-refractivity contribution < 1.29 is 9.26 Å². The lowest BCUT2D eigenvalue weighted by Gasteiger charge is -2.03. The lowest BCUT2D eigenvalue weighted by atomic mass is 10.2. The van der Waals surface area contributed by atoms with Gasteiger partial charge in [0.2, 0.25) is 0 Å². The average Bonchev–Trinajstić information content (AvgIpc) is 2.86. The molecule has 92 valence electrons. The molecule has 2 aromatic rings. The Labute approximate surface area is 105 Å². The number of hydrogen-bond donors (Lipinski definition) is 0. The van der Waals surface area contributed by atoms with E-state index in [4.69, 9.17) is 14.5 Å². The lowest BCUT2D eigenvalue weighted by molar-refractivity contribution is 0.242. The first-order chi connectivity index (χ1) is 8.81. The van der Waals surface area contributed by atoms with Crippen molar-refractivity contribution in [3.05, 3.63) is 41.5 Å². The minimum absolute atomic E-state index is 0.255. The molecule has 5 nitrogen and oxygen atoms in total. The number of benzene rings is 1. The highest BCUT2D eigenvalue weighted by Crippen LogP contribution is 2.14. The molecule has 0 amide bonds. The predicted molar refractivity (Wildman–Crippen MR) is 63.8 cm³/mol. The predicted octanol–water partition coefficient (Wildman–Crippen LogP) is 2.28. The molecule has 0 radical (unpaired) electrons. The zero-order chi connectivity index (χ0) is 12.8. The van der Waals surface area contributed by atoms with E-state index in [1.54, 1.807) is 0 Å². The van der Waals surface area contributed by atoms with Gasteiger partial charge in [0.05, 0.1) is 12.5 Å². The van der Waals surface area contributed by atoms with Gasteiger partial charge in [0, 0.05) is 6.42 Å². The number of aryl methyl sites for hydroxylation is 1. The van der Waals surface area contributed by atoms with E-state index in [1.165, 1.54) is 0 Å². The molecule has 2 rings (SSSR count). The fourth-order valence-electron chi connectivity index (χ4n) is 1.43. The molecule has 0 unspecified atom stereocenters. The zero-order valence-electron chi connectivity index (χ0n) is 10.1. The molecule has 18 heavy (non-hydrogen) atoms. The number of nitrogens with zero attached hydrogens (tertiary/aromatic N) is 3. The van der Waals surface area contributed by atoms with E-state index in [1.807, 2.05) is 31.2 Å². The first kappa shape index (κ1) is 12.1. The van der Waals surface area contributed by atoms with Crippen LogP contribution in [0.4, 0.5) is 0 Å². The Morgan fingerprint density at radius 3 is 2.72 bits per heavy atom. The van der Waals surface area contributed by atoms with Gasteiger partial charge in [-0.25, -0.2) is 0 Å². The first-order valence-electron chi connectivity index (χ1n) is 5.72. The summed E-state index contributed by atoms with van der Waals surface area (Å²) in [6.07, 6.45) is 1.15. The van der Waals surface area contributed by atoms with E-state index < -0.39 is 0 Å². The minimum atomic E-state index is 0.255. The monoisotopic (exact) mass is 243 g/mol. The van der Waals surface area contributed by atoms with Crippen LogP contribution in [-0.4, -0.2) is 10.1 Å². The zero-order valence-corrected chi connectivity index (χ0v) is 10.1. The van der Waals surface area contributed by atoms with Crippen molar-refractivity contribution in [1.29, 1.82) is 5.26 Å². The number of hydrogen-bond acceptors (Lipinski definition) is 5. The van der Waals surface area contributed by atoms with Gasteiger partial charge in [0.25, 0.3) is 5.89 Å². The molecule has 0 fully saturated rings. The molecule has 0 saturated carbocycles. The van der Waals surface area contributed by atoms with Crippen molar-refractivity contribution in [3.63, 3.8) is 0 Å². The Hall–Kier alpha value is -2.35. The largest absolute Gasteiger partial charge is 0.484 e. The van der Waals surface area contributed by atoms with Gasteiger partial charge in [0.1, 0.15) is 5.75 Å². The van der Waals surface area contributed by atoms with Gasteiger partial charge in [-0.3, -0.25) is 0 Å². The SMILES string of the molecule is CCc1noc(COc2ccc(CC#N)cc2)n1. The summed E-state index contributed by atoms with van der Waals surface area (Å²) in [6.45, 7) is 2.22. The standard InChI is InChI=1S/C13H13N3O2/c1-2-12-15-13(18-16-12)9-17-11-5-3-10(4-6-11)7-8-14/h3-6H,2,7,9H2,1H3. The van der Waals surface area contributed by atoms with E-state index in [-0.39, 0.29) is 6.61 Å². The van der Waals surface area contributed by atoms with Crippen LogP contribution in [0, 0.1) is 11.3 Å². The molecular weight excluding hydrogens is 230 g/mol. The highest BCUT2D eigenvalue weighted by molar-refractivity contribution is 5.28. The molecule has 0 N–H and O–H groups in total. The van der Waals surface area contributed by atoms with E-state index in [0.717, 1.165) is 12.0 Å². The molecule has 0 atom stereocenters. The Balaban J connectivity index is 1.91. The summed E-state index contributed by atoms with van der Waals surface area (Å²) in [6, 6.07) is 9.47. The number of rotatable bonds is 5. The van der Waals surface area contributed by atoms with Crippen molar-refractivity contribution in [2.24, 2.45) is 0 Å². The smallest absolute Gasteiger partial charge is 0.264 e. The third-order valence-corrected chi connectivity index (χ3v) is 2.40. The highest BCUT2D eigenvalue weighted by atomic mass is 16.5.